The normalized spacial score (nSPS) is 11.0. The quantitative estimate of drug-likeness (QED) is 0.772. The monoisotopic (exact) mass is 362 g/mol. The summed E-state index contributed by atoms with van der Waals surface area (Å²) in [5.74, 6) is -0.497. The fourth-order valence-corrected chi connectivity index (χ4v) is 3.25. The maximum atomic E-state index is 12.7. The first-order valence-corrected chi connectivity index (χ1v) is 8.69. The second-order valence-electron chi connectivity index (χ2n) is 5.13. The highest BCUT2D eigenvalue weighted by molar-refractivity contribution is 7.15. The van der Waals surface area contributed by atoms with Crippen molar-refractivity contribution in [2.75, 3.05) is 5.32 Å². The Morgan fingerprint density at radius 1 is 1.33 bits per heavy atom. The lowest BCUT2D eigenvalue weighted by molar-refractivity contribution is 0.102. The third kappa shape index (κ3) is 3.05. The molecule has 24 heavy (non-hydrogen) atoms. The van der Waals surface area contributed by atoms with E-state index in [0.717, 1.165) is 16.9 Å². The predicted octanol–water partition coefficient (Wildman–Crippen LogP) is 3.34. The van der Waals surface area contributed by atoms with Crippen molar-refractivity contribution in [3.05, 3.63) is 50.2 Å². The number of amides is 1. The van der Waals surface area contributed by atoms with E-state index in [0.29, 0.717) is 22.1 Å². The minimum Gasteiger partial charge on any atom is -0.347 e. The molecule has 0 saturated heterocycles. The van der Waals surface area contributed by atoms with E-state index in [1.54, 1.807) is 24.4 Å². The highest BCUT2D eigenvalue weighted by Crippen LogP contribution is 2.19. The summed E-state index contributed by atoms with van der Waals surface area (Å²) in [5.41, 5.74) is 0.447. The summed E-state index contributed by atoms with van der Waals surface area (Å²) in [6.07, 6.45) is 2.31. The van der Waals surface area contributed by atoms with Crippen LogP contribution in [0, 0.1) is 0 Å². The number of pyridine rings is 1. The summed E-state index contributed by atoms with van der Waals surface area (Å²) < 4.78 is 1.85. The van der Waals surface area contributed by atoms with E-state index in [1.807, 2.05) is 18.4 Å². The Balaban J connectivity index is 2.06. The number of hydrogen-bond acceptors (Lipinski definition) is 5. The molecule has 2 heterocycles. The molecule has 1 aromatic carbocycles. The molecule has 0 aliphatic rings. The van der Waals surface area contributed by atoms with Crippen LogP contribution >= 0.6 is 22.9 Å². The Bertz CT molecular complexity index is 980. The summed E-state index contributed by atoms with van der Waals surface area (Å²) in [4.78, 5) is 25.2. The number of nitrogens with zero attached hydrogens (tertiary/aromatic N) is 3. The van der Waals surface area contributed by atoms with Gasteiger partial charge in [0.15, 0.2) is 0 Å². The van der Waals surface area contributed by atoms with Crippen molar-refractivity contribution in [3.63, 3.8) is 0 Å². The van der Waals surface area contributed by atoms with E-state index >= 15 is 0 Å². The van der Waals surface area contributed by atoms with Crippen molar-refractivity contribution in [3.8, 4) is 0 Å². The van der Waals surface area contributed by atoms with Gasteiger partial charge in [-0.15, -0.1) is 10.2 Å². The van der Waals surface area contributed by atoms with Crippen LogP contribution < -0.4 is 10.7 Å². The largest absolute Gasteiger partial charge is 0.347 e. The van der Waals surface area contributed by atoms with Crippen molar-refractivity contribution in [2.45, 2.75) is 26.8 Å². The summed E-state index contributed by atoms with van der Waals surface area (Å²) in [6.45, 7) is 4.52. The minimum absolute atomic E-state index is 0.0554. The van der Waals surface area contributed by atoms with Crippen LogP contribution in [0.4, 0.5) is 5.13 Å². The zero-order valence-corrected chi connectivity index (χ0v) is 14.7. The second kappa shape index (κ2) is 6.70. The Morgan fingerprint density at radius 3 is 2.79 bits per heavy atom. The van der Waals surface area contributed by atoms with Crippen LogP contribution in [0.3, 0.4) is 0 Å². The van der Waals surface area contributed by atoms with Gasteiger partial charge in [-0.05, 0) is 31.5 Å². The molecule has 0 aliphatic carbocycles. The molecule has 6 nitrogen and oxygen atoms in total. The van der Waals surface area contributed by atoms with Crippen LogP contribution in [0.2, 0.25) is 5.02 Å². The minimum atomic E-state index is -0.497. The molecule has 8 heteroatoms. The Labute approximate surface area is 147 Å². The molecule has 3 rings (SSSR count). The molecule has 124 valence electrons. The predicted molar refractivity (Wildman–Crippen MR) is 96.1 cm³/mol. The van der Waals surface area contributed by atoms with Crippen molar-refractivity contribution < 1.29 is 4.79 Å². The molecule has 0 unspecified atom stereocenters. The van der Waals surface area contributed by atoms with Gasteiger partial charge in [0.1, 0.15) is 10.6 Å². The molecule has 1 amide bonds. The smallest absolute Gasteiger partial charge is 0.262 e. The molecule has 2 aromatic heterocycles. The van der Waals surface area contributed by atoms with E-state index in [9.17, 15) is 9.59 Å². The van der Waals surface area contributed by atoms with Crippen molar-refractivity contribution in [2.24, 2.45) is 0 Å². The number of halogens is 1. The molecular weight excluding hydrogens is 348 g/mol. The molecule has 0 bridgehead atoms. The summed E-state index contributed by atoms with van der Waals surface area (Å²) >= 11 is 7.29. The number of anilines is 1. The molecule has 0 atom stereocenters. The number of rotatable bonds is 4. The maximum absolute atomic E-state index is 12.7. The molecule has 0 aliphatic heterocycles. The Hall–Kier alpha value is -2.25. The van der Waals surface area contributed by atoms with Crippen LogP contribution in [0.15, 0.2) is 29.2 Å². The van der Waals surface area contributed by atoms with Crippen LogP contribution in [0.25, 0.3) is 10.9 Å². The summed E-state index contributed by atoms with van der Waals surface area (Å²) in [7, 11) is 0. The third-order valence-electron chi connectivity index (χ3n) is 3.62. The first-order valence-electron chi connectivity index (χ1n) is 7.50. The highest BCUT2D eigenvalue weighted by Gasteiger charge is 2.17. The average Bonchev–Trinajstić information content (AvgIpc) is 3.03. The fourth-order valence-electron chi connectivity index (χ4n) is 2.40. The molecule has 0 saturated carbocycles. The number of carbonyl (C=O) groups excluding carboxylic acids is 1. The van der Waals surface area contributed by atoms with Crippen molar-refractivity contribution >= 4 is 44.9 Å². The third-order valence-corrected chi connectivity index (χ3v) is 4.84. The fraction of sp³-hybridized carbons (Fsp3) is 0.250. The Kier molecular flexibility index (Phi) is 4.64. The van der Waals surface area contributed by atoms with Gasteiger partial charge < -0.3 is 4.57 Å². The van der Waals surface area contributed by atoms with Gasteiger partial charge >= 0.3 is 0 Å². The van der Waals surface area contributed by atoms with Crippen LogP contribution in [-0.2, 0) is 13.0 Å². The lowest BCUT2D eigenvalue weighted by atomic mass is 10.1. The van der Waals surface area contributed by atoms with Gasteiger partial charge in [0.05, 0.1) is 5.52 Å². The lowest BCUT2D eigenvalue weighted by Crippen LogP contribution is -2.23. The van der Waals surface area contributed by atoms with Gasteiger partial charge in [0.25, 0.3) is 5.91 Å². The van der Waals surface area contributed by atoms with Crippen molar-refractivity contribution in [1.29, 1.82) is 0 Å². The molecule has 0 radical (unpaired) electrons. The Morgan fingerprint density at radius 2 is 2.12 bits per heavy atom. The topological polar surface area (TPSA) is 76.9 Å². The number of aromatic nitrogens is 3. The summed E-state index contributed by atoms with van der Waals surface area (Å²) in [6, 6.07) is 5.09. The SMILES string of the molecule is CCc1nnc(NC(=O)c2cn(CC)c3ccc(Cl)cc3c2=O)s1. The van der Waals surface area contributed by atoms with Gasteiger partial charge in [-0.25, -0.2) is 0 Å². The molecule has 3 aromatic rings. The zero-order valence-electron chi connectivity index (χ0n) is 13.2. The number of hydrogen-bond donors (Lipinski definition) is 1. The van der Waals surface area contributed by atoms with Gasteiger partial charge in [0, 0.05) is 23.2 Å². The lowest BCUT2D eigenvalue weighted by Gasteiger charge is -2.11. The molecule has 0 spiro atoms. The number of benzene rings is 1. The van der Waals surface area contributed by atoms with Crippen LogP contribution in [-0.4, -0.2) is 20.7 Å². The van der Waals surface area contributed by atoms with Crippen LogP contribution in [0.5, 0.6) is 0 Å². The van der Waals surface area contributed by atoms with Gasteiger partial charge in [-0.3, -0.25) is 14.9 Å². The van der Waals surface area contributed by atoms with E-state index in [2.05, 4.69) is 15.5 Å². The molecule has 1 N–H and O–H groups in total. The average molecular weight is 363 g/mol. The van der Waals surface area contributed by atoms with E-state index in [-0.39, 0.29) is 11.0 Å². The highest BCUT2D eigenvalue weighted by atomic mass is 35.5. The van der Waals surface area contributed by atoms with E-state index < -0.39 is 5.91 Å². The summed E-state index contributed by atoms with van der Waals surface area (Å²) in [5, 5.41) is 12.6. The van der Waals surface area contributed by atoms with Gasteiger partial charge in [-0.1, -0.05) is 29.9 Å². The number of nitrogens with one attached hydrogen (secondary N) is 1. The maximum Gasteiger partial charge on any atom is 0.262 e. The van der Waals surface area contributed by atoms with Gasteiger partial charge in [-0.2, -0.15) is 0 Å². The van der Waals surface area contributed by atoms with E-state index in [4.69, 9.17) is 11.6 Å². The second-order valence-corrected chi connectivity index (χ2v) is 6.63. The first kappa shape index (κ1) is 16.6. The van der Waals surface area contributed by atoms with Crippen LogP contribution in [0.1, 0.15) is 29.2 Å². The number of aryl methyl sites for hydroxylation is 2. The zero-order chi connectivity index (χ0) is 17.3. The van der Waals surface area contributed by atoms with Gasteiger partial charge in [0.2, 0.25) is 10.6 Å². The number of fused-ring (bicyclic) bond motifs is 1. The molecular formula is C16H15ClN4O2S. The number of carbonyl (C=O) groups is 1. The van der Waals surface area contributed by atoms with E-state index in [1.165, 1.54) is 11.3 Å². The first-order chi connectivity index (χ1) is 11.5. The molecule has 0 fully saturated rings. The standard InChI is InChI=1S/C16H15ClN4O2S/c1-3-13-19-20-16(24-13)18-15(23)11-8-21(4-2)12-6-5-9(17)7-10(12)14(11)22/h5-8H,3-4H2,1-2H3,(H,18,20,23). The van der Waals surface area contributed by atoms with Crippen molar-refractivity contribution in [1.82, 2.24) is 14.8 Å².